The van der Waals surface area contributed by atoms with Crippen molar-refractivity contribution in [3.63, 3.8) is 0 Å². The Labute approximate surface area is 118 Å². The molecule has 0 spiro atoms. The van der Waals surface area contributed by atoms with Crippen LogP contribution in [0.5, 0.6) is 0 Å². The van der Waals surface area contributed by atoms with Crippen molar-refractivity contribution in [2.45, 2.75) is 58.4 Å². The molecule has 2 nitrogen and oxygen atoms in total. The Morgan fingerprint density at radius 3 is 2.84 bits per heavy atom. The maximum atomic E-state index is 4.32. The van der Waals surface area contributed by atoms with Crippen LogP contribution in [0, 0.1) is 11.8 Å². The topological polar surface area (TPSA) is 24.9 Å². The molecule has 1 saturated carbocycles. The van der Waals surface area contributed by atoms with Gasteiger partial charge in [-0.15, -0.1) is 0 Å². The lowest BCUT2D eigenvalue weighted by Gasteiger charge is -2.36. The molecule has 1 aliphatic rings. The summed E-state index contributed by atoms with van der Waals surface area (Å²) in [6.45, 7) is 7.94. The third-order valence-electron chi connectivity index (χ3n) is 4.58. The van der Waals surface area contributed by atoms with E-state index in [2.05, 4.69) is 49.4 Å². The molecule has 3 atom stereocenters. The second kappa shape index (κ2) is 7.04. The van der Waals surface area contributed by atoms with Gasteiger partial charge in [-0.2, -0.15) is 0 Å². The first-order valence-electron chi connectivity index (χ1n) is 7.84. The first-order chi connectivity index (χ1) is 9.20. The molecule has 1 fully saturated rings. The van der Waals surface area contributed by atoms with E-state index in [1.165, 1.54) is 31.2 Å². The number of aromatic nitrogens is 1. The summed E-state index contributed by atoms with van der Waals surface area (Å²) in [5, 5.41) is 3.63. The normalized spacial score (nSPS) is 27.7. The van der Waals surface area contributed by atoms with Gasteiger partial charge in [-0.1, -0.05) is 39.7 Å². The van der Waals surface area contributed by atoms with E-state index in [0.717, 1.165) is 18.4 Å². The van der Waals surface area contributed by atoms with Gasteiger partial charge in [-0.3, -0.25) is 4.98 Å². The molecule has 3 unspecified atom stereocenters. The van der Waals surface area contributed by atoms with Crippen molar-refractivity contribution >= 4 is 0 Å². The van der Waals surface area contributed by atoms with Crippen LogP contribution in [-0.4, -0.2) is 17.6 Å². The van der Waals surface area contributed by atoms with Crippen molar-refractivity contribution in [1.82, 2.24) is 10.3 Å². The number of pyridine rings is 1. The van der Waals surface area contributed by atoms with Gasteiger partial charge >= 0.3 is 0 Å². The van der Waals surface area contributed by atoms with E-state index in [-0.39, 0.29) is 0 Å². The minimum atomic E-state index is 0.582. The second-order valence-electron chi connectivity index (χ2n) is 6.30. The summed E-state index contributed by atoms with van der Waals surface area (Å²) < 4.78 is 0. The molecule has 1 aromatic rings. The Hall–Kier alpha value is -0.890. The van der Waals surface area contributed by atoms with E-state index < -0.39 is 0 Å². The van der Waals surface area contributed by atoms with E-state index in [1.807, 2.05) is 6.20 Å². The Balaban J connectivity index is 2.07. The summed E-state index contributed by atoms with van der Waals surface area (Å²) in [5.41, 5.74) is 1.44. The van der Waals surface area contributed by atoms with Gasteiger partial charge in [-0.25, -0.2) is 0 Å². The van der Waals surface area contributed by atoms with Gasteiger partial charge in [0.25, 0.3) is 0 Å². The lowest BCUT2D eigenvalue weighted by Crippen LogP contribution is -2.35. The predicted molar refractivity (Wildman–Crippen MR) is 81.2 cm³/mol. The Morgan fingerprint density at radius 2 is 2.21 bits per heavy atom. The molecule has 1 heterocycles. The fourth-order valence-electron chi connectivity index (χ4n) is 3.33. The van der Waals surface area contributed by atoms with Crippen molar-refractivity contribution in [3.8, 4) is 0 Å². The number of hydrogen-bond donors (Lipinski definition) is 1. The zero-order valence-corrected chi connectivity index (χ0v) is 12.6. The van der Waals surface area contributed by atoms with Crippen molar-refractivity contribution < 1.29 is 0 Å². The van der Waals surface area contributed by atoms with Crippen LogP contribution in [0.1, 0.15) is 57.9 Å². The molecule has 1 N–H and O–H groups in total. The molecule has 106 valence electrons. The van der Waals surface area contributed by atoms with E-state index in [1.54, 1.807) is 0 Å². The lowest BCUT2D eigenvalue weighted by molar-refractivity contribution is 0.222. The summed E-state index contributed by atoms with van der Waals surface area (Å²) in [7, 11) is 0. The van der Waals surface area contributed by atoms with Gasteiger partial charge in [0.2, 0.25) is 0 Å². The molecule has 1 aromatic heterocycles. The van der Waals surface area contributed by atoms with Crippen LogP contribution in [0.15, 0.2) is 24.5 Å². The van der Waals surface area contributed by atoms with Gasteiger partial charge in [0.15, 0.2) is 0 Å². The Bertz CT molecular complexity index is 361. The molecule has 0 bridgehead atoms. The van der Waals surface area contributed by atoms with E-state index >= 15 is 0 Å². The maximum Gasteiger partial charge on any atom is 0.0302 e. The minimum absolute atomic E-state index is 0.582. The third-order valence-corrected chi connectivity index (χ3v) is 4.58. The lowest BCUT2D eigenvalue weighted by atomic mass is 9.70. The maximum absolute atomic E-state index is 4.32. The molecule has 19 heavy (non-hydrogen) atoms. The average molecular weight is 260 g/mol. The molecule has 2 heteroatoms. The molecule has 0 amide bonds. The minimum Gasteiger partial charge on any atom is -0.314 e. The molecule has 0 aliphatic heterocycles. The van der Waals surface area contributed by atoms with Crippen LogP contribution >= 0.6 is 0 Å². The van der Waals surface area contributed by atoms with Crippen LogP contribution in [-0.2, 0) is 0 Å². The molecule has 2 rings (SSSR count). The van der Waals surface area contributed by atoms with Crippen LogP contribution in [0.2, 0.25) is 0 Å². The van der Waals surface area contributed by atoms with Crippen molar-refractivity contribution in [2.75, 3.05) is 6.54 Å². The molecular weight excluding hydrogens is 232 g/mol. The van der Waals surface area contributed by atoms with Crippen molar-refractivity contribution in [2.24, 2.45) is 11.8 Å². The Kier molecular flexibility index (Phi) is 5.38. The van der Waals surface area contributed by atoms with Gasteiger partial charge < -0.3 is 5.32 Å². The highest BCUT2D eigenvalue weighted by Crippen LogP contribution is 2.41. The number of nitrogens with zero attached hydrogens (tertiary/aromatic N) is 1. The Morgan fingerprint density at radius 1 is 1.37 bits per heavy atom. The van der Waals surface area contributed by atoms with Crippen LogP contribution in [0.25, 0.3) is 0 Å². The first-order valence-corrected chi connectivity index (χ1v) is 7.84. The molecule has 0 aromatic carbocycles. The van der Waals surface area contributed by atoms with Crippen molar-refractivity contribution in [1.29, 1.82) is 0 Å². The van der Waals surface area contributed by atoms with Gasteiger partial charge in [-0.05, 0) is 48.8 Å². The van der Waals surface area contributed by atoms with Crippen LogP contribution in [0.3, 0.4) is 0 Å². The molecule has 0 radical (unpaired) electrons. The largest absolute Gasteiger partial charge is 0.314 e. The third kappa shape index (κ3) is 4.04. The smallest absolute Gasteiger partial charge is 0.0302 e. The quantitative estimate of drug-likeness (QED) is 0.866. The van der Waals surface area contributed by atoms with Crippen LogP contribution < -0.4 is 5.32 Å². The zero-order chi connectivity index (χ0) is 13.7. The van der Waals surface area contributed by atoms with E-state index in [9.17, 15) is 0 Å². The summed E-state index contributed by atoms with van der Waals surface area (Å²) in [4.78, 5) is 4.32. The standard InChI is InChI=1S/C17H28N2/c1-4-14-7-8-16(12-19-13(2)3)17(10-14)15-6-5-9-18-11-15/h5-6,9,11,13-14,16-17,19H,4,7-8,10,12H2,1-3H3. The van der Waals surface area contributed by atoms with Gasteiger partial charge in [0.1, 0.15) is 0 Å². The summed E-state index contributed by atoms with van der Waals surface area (Å²) in [5.74, 6) is 2.37. The number of nitrogens with one attached hydrogen (secondary N) is 1. The van der Waals surface area contributed by atoms with E-state index in [0.29, 0.717) is 12.0 Å². The monoisotopic (exact) mass is 260 g/mol. The summed E-state index contributed by atoms with van der Waals surface area (Å²) in [6.07, 6.45) is 9.37. The van der Waals surface area contributed by atoms with Gasteiger partial charge in [0, 0.05) is 18.4 Å². The summed E-state index contributed by atoms with van der Waals surface area (Å²) >= 11 is 0. The van der Waals surface area contributed by atoms with Crippen molar-refractivity contribution in [3.05, 3.63) is 30.1 Å². The SMILES string of the molecule is CCC1CCC(CNC(C)C)C(c2cccnc2)C1. The van der Waals surface area contributed by atoms with Crippen LogP contribution in [0.4, 0.5) is 0 Å². The van der Waals surface area contributed by atoms with E-state index in [4.69, 9.17) is 0 Å². The highest BCUT2D eigenvalue weighted by molar-refractivity contribution is 5.17. The predicted octanol–water partition coefficient (Wildman–Crippen LogP) is 3.99. The molecule has 0 saturated heterocycles. The molecule has 1 aliphatic carbocycles. The fraction of sp³-hybridized carbons (Fsp3) is 0.706. The highest BCUT2D eigenvalue weighted by Gasteiger charge is 2.30. The van der Waals surface area contributed by atoms with Gasteiger partial charge in [0.05, 0.1) is 0 Å². The number of rotatable bonds is 5. The number of hydrogen-bond acceptors (Lipinski definition) is 2. The molecular formula is C17H28N2. The highest BCUT2D eigenvalue weighted by atomic mass is 14.9. The first kappa shape index (κ1) is 14.5. The zero-order valence-electron chi connectivity index (χ0n) is 12.6. The fourth-order valence-corrected chi connectivity index (χ4v) is 3.33. The summed E-state index contributed by atoms with van der Waals surface area (Å²) in [6, 6.07) is 4.93. The second-order valence-corrected chi connectivity index (χ2v) is 6.30. The average Bonchev–Trinajstić information content (AvgIpc) is 2.46.